The molecular weight excluding hydrogens is 272 g/mol. The normalized spacial score (nSPS) is 23.1. The van der Waals surface area contributed by atoms with E-state index >= 15 is 0 Å². The average Bonchev–Trinajstić information content (AvgIpc) is 2.63. The first kappa shape index (κ1) is 13.4. The van der Waals surface area contributed by atoms with Gasteiger partial charge in [0.15, 0.2) is 5.17 Å². The Balaban J connectivity index is 2.43. The van der Waals surface area contributed by atoms with Crippen molar-refractivity contribution in [3.8, 4) is 0 Å². The van der Waals surface area contributed by atoms with Gasteiger partial charge in [0.2, 0.25) is 0 Å². The minimum Gasteiger partial charge on any atom is -0.352 e. The highest BCUT2D eigenvalue weighted by atomic mass is 79.9. The maximum atomic E-state index is 4.59. The molecule has 15 heavy (non-hydrogen) atoms. The van der Waals surface area contributed by atoms with Gasteiger partial charge >= 0.3 is 0 Å². The van der Waals surface area contributed by atoms with Gasteiger partial charge < -0.3 is 4.90 Å². The monoisotopic (exact) mass is 292 g/mol. The van der Waals surface area contributed by atoms with Crippen LogP contribution in [0, 0.1) is 5.92 Å². The number of nitrogens with zero attached hydrogens (tertiary/aromatic N) is 2. The lowest BCUT2D eigenvalue weighted by molar-refractivity contribution is 0.337. The first-order valence-electron chi connectivity index (χ1n) is 5.54. The smallest absolute Gasteiger partial charge is 0.159 e. The summed E-state index contributed by atoms with van der Waals surface area (Å²) in [6, 6.07) is 0.588. The van der Waals surface area contributed by atoms with Gasteiger partial charge in [0.1, 0.15) is 0 Å². The van der Waals surface area contributed by atoms with Crippen LogP contribution in [-0.4, -0.2) is 40.3 Å². The number of halogens is 1. The van der Waals surface area contributed by atoms with E-state index in [0.717, 1.165) is 17.8 Å². The summed E-state index contributed by atoms with van der Waals surface area (Å²) in [6.07, 6.45) is 1.23. The summed E-state index contributed by atoms with van der Waals surface area (Å²) >= 11 is 5.42. The Bertz CT molecular complexity index is 231. The number of amidine groups is 1. The van der Waals surface area contributed by atoms with Gasteiger partial charge in [0.05, 0.1) is 6.54 Å². The van der Waals surface area contributed by atoms with E-state index in [4.69, 9.17) is 0 Å². The topological polar surface area (TPSA) is 15.6 Å². The second-order valence-corrected chi connectivity index (χ2v) is 6.52. The Morgan fingerprint density at radius 2 is 2.20 bits per heavy atom. The van der Waals surface area contributed by atoms with Gasteiger partial charge in [0.25, 0.3) is 0 Å². The van der Waals surface area contributed by atoms with E-state index in [-0.39, 0.29) is 0 Å². The molecule has 0 saturated carbocycles. The van der Waals surface area contributed by atoms with Gasteiger partial charge in [-0.15, -0.1) is 0 Å². The van der Waals surface area contributed by atoms with Crippen LogP contribution in [0.2, 0.25) is 0 Å². The first-order valence-corrected chi connectivity index (χ1v) is 7.54. The first-order chi connectivity index (χ1) is 7.04. The molecule has 88 valence electrons. The molecule has 1 heterocycles. The van der Waals surface area contributed by atoms with Gasteiger partial charge in [-0.3, -0.25) is 4.99 Å². The Morgan fingerprint density at radius 3 is 2.67 bits per heavy atom. The fraction of sp³-hybridized carbons (Fsp3) is 0.909. The molecule has 0 aliphatic carbocycles. The van der Waals surface area contributed by atoms with E-state index in [1.165, 1.54) is 11.6 Å². The van der Waals surface area contributed by atoms with Crippen LogP contribution in [0.15, 0.2) is 4.99 Å². The summed E-state index contributed by atoms with van der Waals surface area (Å²) in [7, 11) is 2.16. The summed E-state index contributed by atoms with van der Waals surface area (Å²) in [6.45, 7) is 7.79. The van der Waals surface area contributed by atoms with Crippen LogP contribution in [0.3, 0.4) is 0 Å². The molecule has 2 atom stereocenters. The van der Waals surface area contributed by atoms with Crippen LogP contribution >= 0.6 is 27.7 Å². The van der Waals surface area contributed by atoms with E-state index in [1.807, 2.05) is 11.8 Å². The quantitative estimate of drug-likeness (QED) is 0.740. The largest absolute Gasteiger partial charge is 0.352 e. The highest BCUT2D eigenvalue weighted by Crippen LogP contribution is 2.26. The van der Waals surface area contributed by atoms with Crippen molar-refractivity contribution >= 4 is 32.9 Å². The van der Waals surface area contributed by atoms with E-state index in [9.17, 15) is 0 Å². The third kappa shape index (κ3) is 3.99. The molecule has 0 radical (unpaired) electrons. The van der Waals surface area contributed by atoms with E-state index in [1.54, 1.807) is 0 Å². The van der Waals surface area contributed by atoms with Gasteiger partial charge in [-0.1, -0.05) is 41.5 Å². The highest BCUT2D eigenvalue weighted by Gasteiger charge is 2.23. The maximum Gasteiger partial charge on any atom is 0.159 e. The zero-order chi connectivity index (χ0) is 11.4. The van der Waals surface area contributed by atoms with E-state index < -0.39 is 0 Å². The molecule has 1 aliphatic rings. The van der Waals surface area contributed by atoms with Crippen molar-refractivity contribution in [1.29, 1.82) is 0 Å². The molecule has 0 saturated heterocycles. The highest BCUT2D eigenvalue weighted by molar-refractivity contribution is 9.09. The molecular formula is C11H21BrN2S. The predicted molar refractivity (Wildman–Crippen MR) is 74.2 cm³/mol. The Morgan fingerprint density at radius 1 is 1.53 bits per heavy atom. The standard InChI is InChI=1S/C11H21BrN2S/c1-8(2)5-9(3)14(4)11-13-7-10(6-12)15-11/h8-10H,5-7H2,1-4H3. The molecule has 2 unspecified atom stereocenters. The van der Waals surface area contributed by atoms with Crippen molar-refractivity contribution in [2.75, 3.05) is 18.9 Å². The van der Waals surface area contributed by atoms with Crippen LogP contribution < -0.4 is 0 Å². The van der Waals surface area contributed by atoms with Crippen molar-refractivity contribution in [3.05, 3.63) is 0 Å². The molecule has 0 bridgehead atoms. The lowest BCUT2D eigenvalue weighted by Crippen LogP contribution is -2.33. The molecule has 0 spiro atoms. The van der Waals surface area contributed by atoms with Crippen molar-refractivity contribution < 1.29 is 0 Å². The molecule has 0 fully saturated rings. The summed E-state index contributed by atoms with van der Waals surface area (Å²) in [5.41, 5.74) is 0. The van der Waals surface area contributed by atoms with Gasteiger partial charge in [-0.25, -0.2) is 0 Å². The Hall–Kier alpha value is 0.300. The van der Waals surface area contributed by atoms with Crippen molar-refractivity contribution in [2.45, 2.75) is 38.5 Å². The van der Waals surface area contributed by atoms with Crippen molar-refractivity contribution in [2.24, 2.45) is 10.9 Å². The molecule has 0 amide bonds. The van der Waals surface area contributed by atoms with E-state index in [0.29, 0.717) is 11.3 Å². The van der Waals surface area contributed by atoms with Crippen LogP contribution in [0.4, 0.5) is 0 Å². The molecule has 2 nitrogen and oxygen atoms in total. The van der Waals surface area contributed by atoms with Crippen LogP contribution in [0.25, 0.3) is 0 Å². The SMILES string of the molecule is CC(C)CC(C)N(C)C1=NCC(CBr)S1. The third-order valence-corrected chi connectivity index (χ3v) is 5.14. The second kappa shape index (κ2) is 6.14. The maximum absolute atomic E-state index is 4.59. The number of thioether (sulfide) groups is 1. The van der Waals surface area contributed by atoms with Gasteiger partial charge in [-0.2, -0.15) is 0 Å². The fourth-order valence-corrected chi connectivity index (χ4v) is 3.31. The lowest BCUT2D eigenvalue weighted by atomic mass is 10.0. The van der Waals surface area contributed by atoms with Crippen LogP contribution in [0.5, 0.6) is 0 Å². The second-order valence-electron chi connectivity index (χ2n) is 4.61. The third-order valence-electron chi connectivity index (χ3n) is 2.65. The fourth-order valence-electron chi connectivity index (χ4n) is 1.71. The zero-order valence-electron chi connectivity index (χ0n) is 10.0. The molecule has 1 rings (SSSR count). The molecule has 0 aromatic carbocycles. The summed E-state index contributed by atoms with van der Waals surface area (Å²) in [4.78, 5) is 6.92. The molecule has 0 N–H and O–H groups in total. The molecule has 0 aromatic rings. The number of alkyl halides is 1. The molecule has 1 aliphatic heterocycles. The van der Waals surface area contributed by atoms with Crippen molar-refractivity contribution in [3.63, 3.8) is 0 Å². The minimum absolute atomic E-state index is 0.588. The van der Waals surface area contributed by atoms with E-state index in [2.05, 4.69) is 53.6 Å². The molecule has 4 heteroatoms. The van der Waals surface area contributed by atoms with Crippen LogP contribution in [-0.2, 0) is 0 Å². The zero-order valence-corrected chi connectivity index (χ0v) is 12.4. The predicted octanol–water partition coefficient (Wildman–Crippen LogP) is 3.22. The van der Waals surface area contributed by atoms with Gasteiger partial charge in [-0.05, 0) is 19.3 Å². The van der Waals surface area contributed by atoms with Crippen LogP contribution in [0.1, 0.15) is 27.2 Å². The average molecular weight is 293 g/mol. The Labute approximate surface area is 106 Å². The van der Waals surface area contributed by atoms with Gasteiger partial charge in [0, 0.05) is 23.7 Å². The minimum atomic E-state index is 0.588. The summed E-state index contributed by atoms with van der Waals surface area (Å²) in [5, 5.41) is 2.89. The number of rotatable bonds is 4. The Kier molecular flexibility index (Phi) is 5.47. The lowest BCUT2D eigenvalue weighted by Gasteiger charge is -2.27. The summed E-state index contributed by atoms with van der Waals surface area (Å²) < 4.78 is 0. The summed E-state index contributed by atoms with van der Waals surface area (Å²) in [5.74, 6) is 0.751. The molecule has 0 aromatic heterocycles. The van der Waals surface area contributed by atoms with Crippen molar-refractivity contribution in [1.82, 2.24) is 4.90 Å². The number of hydrogen-bond acceptors (Lipinski definition) is 3. The number of aliphatic imine (C=N–C) groups is 1. The number of hydrogen-bond donors (Lipinski definition) is 0.